The second kappa shape index (κ2) is 5.33. The van der Waals surface area contributed by atoms with Gasteiger partial charge in [0.15, 0.2) is 0 Å². The fourth-order valence-electron chi connectivity index (χ4n) is 1.24. The van der Waals surface area contributed by atoms with Crippen molar-refractivity contribution in [2.45, 2.75) is 19.6 Å². The Hall–Kier alpha value is 0.197. The summed E-state index contributed by atoms with van der Waals surface area (Å²) < 4.78 is 22.3. The van der Waals surface area contributed by atoms with Crippen LogP contribution in [-0.2, 0) is 13.5 Å². The van der Waals surface area contributed by atoms with E-state index in [1.54, 1.807) is 0 Å². The van der Waals surface area contributed by atoms with Crippen LogP contribution in [0, 0.1) is 0 Å². The third-order valence-electron chi connectivity index (χ3n) is 1.79. The van der Waals surface area contributed by atoms with E-state index < -0.39 is 16.3 Å². The lowest BCUT2D eigenvalue weighted by Crippen LogP contribution is -2.36. The summed E-state index contributed by atoms with van der Waals surface area (Å²) >= 11 is 0. The number of rotatable bonds is 4. The van der Waals surface area contributed by atoms with E-state index in [2.05, 4.69) is 24.5 Å². The van der Waals surface area contributed by atoms with Crippen molar-refractivity contribution in [1.82, 2.24) is 4.90 Å². The Balaban J connectivity index is 2.25. The molecule has 0 bridgehead atoms. The standard InChI is InChI=1S/C8H19NO3PSi/c1-14(2,3)12-13(10)8-9-4-6-11-7-5-9/h4-8H2,1-3H3/q+1. The first-order chi connectivity index (χ1) is 6.47. The lowest BCUT2D eigenvalue weighted by molar-refractivity contribution is 0.0459. The zero-order valence-corrected chi connectivity index (χ0v) is 11.0. The molecule has 0 radical (unpaired) electrons. The SMILES string of the molecule is C[Si](C)(C)O[P+](=O)CN1CCOCC1. The molecular weight excluding hydrogens is 217 g/mol. The van der Waals surface area contributed by atoms with Gasteiger partial charge in [0.25, 0.3) is 8.32 Å². The van der Waals surface area contributed by atoms with Gasteiger partial charge in [-0.3, -0.25) is 4.90 Å². The number of ether oxygens (including phenoxy) is 1. The Morgan fingerprint density at radius 2 is 1.93 bits per heavy atom. The van der Waals surface area contributed by atoms with Crippen LogP contribution < -0.4 is 0 Å². The minimum atomic E-state index is -1.65. The highest BCUT2D eigenvalue weighted by molar-refractivity contribution is 7.41. The molecule has 0 N–H and O–H groups in total. The third-order valence-corrected chi connectivity index (χ3v) is 5.43. The largest absolute Gasteiger partial charge is 0.512 e. The van der Waals surface area contributed by atoms with E-state index in [-0.39, 0.29) is 0 Å². The first kappa shape index (κ1) is 12.3. The molecule has 82 valence electrons. The van der Waals surface area contributed by atoms with Crippen molar-refractivity contribution < 1.29 is 13.5 Å². The van der Waals surface area contributed by atoms with Crippen LogP contribution in [0.15, 0.2) is 0 Å². The maximum absolute atomic E-state index is 11.6. The summed E-state index contributed by atoms with van der Waals surface area (Å²) in [7, 11) is -3.16. The molecule has 1 saturated heterocycles. The van der Waals surface area contributed by atoms with Crippen molar-refractivity contribution in [3.8, 4) is 0 Å². The lowest BCUT2D eigenvalue weighted by Gasteiger charge is -2.22. The molecule has 0 aromatic heterocycles. The van der Waals surface area contributed by atoms with Gasteiger partial charge in [-0.15, -0.1) is 0 Å². The molecule has 0 aromatic carbocycles. The molecule has 1 unspecified atom stereocenters. The average molecular weight is 236 g/mol. The molecule has 1 rings (SSSR count). The fourth-order valence-corrected chi connectivity index (χ4v) is 4.52. The van der Waals surface area contributed by atoms with E-state index in [9.17, 15) is 4.57 Å². The van der Waals surface area contributed by atoms with Crippen molar-refractivity contribution in [3.05, 3.63) is 0 Å². The van der Waals surface area contributed by atoms with Crippen LogP contribution in [0.5, 0.6) is 0 Å². The van der Waals surface area contributed by atoms with Crippen LogP contribution in [-0.4, -0.2) is 45.8 Å². The first-order valence-corrected chi connectivity index (χ1v) is 9.68. The van der Waals surface area contributed by atoms with Gasteiger partial charge in [-0.05, 0) is 24.2 Å². The molecule has 6 heteroatoms. The van der Waals surface area contributed by atoms with Gasteiger partial charge in [0, 0.05) is 13.1 Å². The molecule has 4 nitrogen and oxygen atoms in total. The second-order valence-corrected chi connectivity index (χ2v) is 10.3. The maximum Gasteiger partial charge on any atom is 0.512 e. The molecule has 0 aromatic rings. The molecule has 14 heavy (non-hydrogen) atoms. The van der Waals surface area contributed by atoms with Gasteiger partial charge in [0.1, 0.15) is 0 Å². The minimum Gasteiger partial charge on any atom is -0.379 e. The van der Waals surface area contributed by atoms with Crippen molar-refractivity contribution in [1.29, 1.82) is 0 Å². The molecule has 1 aliphatic rings. The van der Waals surface area contributed by atoms with Gasteiger partial charge in [-0.1, -0.05) is 0 Å². The minimum absolute atomic E-state index is 0.558. The lowest BCUT2D eigenvalue weighted by atomic mass is 10.5. The monoisotopic (exact) mass is 236 g/mol. The Morgan fingerprint density at radius 3 is 2.43 bits per heavy atom. The van der Waals surface area contributed by atoms with E-state index >= 15 is 0 Å². The van der Waals surface area contributed by atoms with E-state index in [0.29, 0.717) is 6.29 Å². The van der Waals surface area contributed by atoms with Crippen LogP contribution in [0.1, 0.15) is 0 Å². The summed E-state index contributed by atoms with van der Waals surface area (Å²) in [6.07, 6.45) is 0.558. The molecule has 0 saturated carbocycles. The smallest absolute Gasteiger partial charge is 0.379 e. The third kappa shape index (κ3) is 5.17. The normalized spacial score (nSPS) is 20.9. The summed E-state index contributed by atoms with van der Waals surface area (Å²) in [5.74, 6) is 0. The van der Waals surface area contributed by atoms with Gasteiger partial charge < -0.3 is 4.74 Å². The van der Waals surface area contributed by atoms with Gasteiger partial charge in [-0.2, -0.15) is 0 Å². The first-order valence-electron chi connectivity index (χ1n) is 4.91. The van der Waals surface area contributed by atoms with Crippen LogP contribution in [0.3, 0.4) is 0 Å². The van der Waals surface area contributed by atoms with Gasteiger partial charge in [0.05, 0.1) is 13.2 Å². The van der Waals surface area contributed by atoms with E-state index in [4.69, 9.17) is 8.95 Å². The maximum atomic E-state index is 11.6. The highest BCUT2D eigenvalue weighted by Gasteiger charge is 2.31. The number of hydrogen-bond acceptors (Lipinski definition) is 4. The van der Waals surface area contributed by atoms with Crippen LogP contribution in [0.2, 0.25) is 19.6 Å². The van der Waals surface area contributed by atoms with Crippen LogP contribution in [0.25, 0.3) is 0 Å². The molecule has 1 aliphatic heterocycles. The van der Waals surface area contributed by atoms with Gasteiger partial charge >= 0.3 is 8.03 Å². The van der Waals surface area contributed by atoms with Crippen molar-refractivity contribution in [2.75, 3.05) is 32.6 Å². The van der Waals surface area contributed by atoms with Crippen molar-refractivity contribution in [3.63, 3.8) is 0 Å². The second-order valence-electron chi connectivity index (χ2n) is 4.41. The summed E-state index contributed by atoms with van der Waals surface area (Å²) in [4.78, 5) is 2.14. The highest BCUT2D eigenvalue weighted by atomic mass is 31.1. The van der Waals surface area contributed by atoms with Crippen LogP contribution in [0.4, 0.5) is 0 Å². The van der Waals surface area contributed by atoms with Crippen molar-refractivity contribution >= 4 is 16.3 Å². The zero-order valence-electron chi connectivity index (χ0n) is 9.15. The summed E-state index contributed by atoms with van der Waals surface area (Å²) in [5.41, 5.74) is 0. The Bertz CT molecular complexity index is 201. The van der Waals surface area contributed by atoms with E-state index in [1.807, 2.05) is 0 Å². The van der Waals surface area contributed by atoms with E-state index in [1.165, 1.54) is 0 Å². The predicted molar refractivity (Wildman–Crippen MR) is 59.3 cm³/mol. The fraction of sp³-hybridized carbons (Fsp3) is 1.00. The summed E-state index contributed by atoms with van der Waals surface area (Å²) in [6, 6.07) is 0. The Labute approximate surface area is 87.6 Å². The summed E-state index contributed by atoms with van der Waals surface area (Å²) in [5, 5.41) is 0. The molecule has 1 fully saturated rings. The highest BCUT2D eigenvalue weighted by Crippen LogP contribution is 2.28. The van der Waals surface area contributed by atoms with Crippen molar-refractivity contribution in [2.24, 2.45) is 0 Å². The zero-order chi connectivity index (χ0) is 10.6. The molecule has 0 spiro atoms. The molecular formula is C8H19NO3PSi+. The quantitative estimate of drug-likeness (QED) is 0.552. The predicted octanol–water partition coefficient (Wildman–Crippen LogP) is 1.87. The van der Waals surface area contributed by atoms with Gasteiger partial charge in [-0.25, -0.2) is 4.21 Å². The van der Waals surface area contributed by atoms with E-state index in [0.717, 1.165) is 26.3 Å². The number of morpholine rings is 1. The molecule has 1 heterocycles. The average Bonchev–Trinajstić information content (AvgIpc) is 2.02. The molecule has 0 amide bonds. The topological polar surface area (TPSA) is 38.8 Å². The number of nitrogens with zero attached hydrogens (tertiary/aromatic N) is 1. The van der Waals surface area contributed by atoms with Crippen LogP contribution >= 0.6 is 8.03 Å². The number of hydrogen-bond donors (Lipinski definition) is 0. The Morgan fingerprint density at radius 1 is 1.36 bits per heavy atom. The Kier molecular flexibility index (Phi) is 4.67. The summed E-state index contributed by atoms with van der Waals surface area (Å²) in [6.45, 7) is 9.40. The molecule has 1 atom stereocenters. The molecule has 0 aliphatic carbocycles. The van der Waals surface area contributed by atoms with Gasteiger partial charge in [0.2, 0.25) is 6.29 Å².